The average molecular weight is 252 g/mol. The Bertz CT molecular complexity index is 410. The third kappa shape index (κ3) is 1.21. The second kappa shape index (κ2) is 3.12. The topological polar surface area (TPSA) is 35.5 Å². The third-order valence-electron chi connectivity index (χ3n) is 5.84. The molecule has 1 saturated heterocycles. The minimum absolute atomic E-state index is 0.0274. The van der Waals surface area contributed by atoms with Gasteiger partial charge in [-0.3, -0.25) is 4.79 Å². The maximum atomic E-state index is 12.3. The van der Waals surface area contributed by atoms with Crippen LogP contribution in [0, 0.1) is 16.7 Å². The Morgan fingerprint density at radius 1 is 1.22 bits per heavy atom. The number of hydrogen-bond donors (Lipinski definition) is 0. The van der Waals surface area contributed by atoms with E-state index in [1.165, 1.54) is 12.8 Å². The van der Waals surface area contributed by atoms with Crippen LogP contribution in [0.15, 0.2) is 0 Å². The molecule has 0 aromatic heterocycles. The van der Waals surface area contributed by atoms with Crippen molar-refractivity contribution in [3.05, 3.63) is 0 Å². The van der Waals surface area contributed by atoms with Crippen LogP contribution >= 0.6 is 0 Å². The average Bonchev–Trinajstić information content (AvgIpc) is 2.42. The molecular formula is C15H24O3. The number of esters is 1. The number of carbonyl (C=O) groups is 1. The van der Waals surface area contributed by atoms with E-state index >= 15 is 0 Å². The van der Waals surface area contributed by atoms with Crippen LogP contribution < -0.4 is 0 Å². The predicted molar refractivity (Wildman–Crippen MR) is 67.8 cm³/mol. The van der Waals surface area contributed by atoms with E-state index in [0.717, 1.165) is 12.8 Å². The largest absolute Gasteiger partial charge is 0.432 e. The van der Waals surface area contributed by atoms with Crippen LogP contribution in [0.4, 0.5) is 0 Å². The maximum Gasteiger partial charge on any atom is 0.314 e. The van der Waals surface area contributed by atoms with Crippen LogP contribution in [0.1, 0.15) is 60.3 Å². The van der Waals surface area contributed by atoms with E-state index in [1.54, 1.807) is 0 Å². The summed E-state index contributed by atoms with van der Waals surface area (Å²) in [6.07, 6.45) is 4.29. The van der Waals surface area contributed by atoms with E-state index in [-0.39, 0.29) is 28.3 Å². The van der Waals surface area contributed by atoms with Crippen molar-refractivity contribution in [2.24, 2.45) is 16.7 Å². The SMILES string of the molecule is CC(C)(C)[C@]1(C)OC(=O)[C@H]2C[C@]3(C)CCC[C@@]23O1. The minimum Gasteiger partial charge on any atom is -0.432 e. The number of hydrogen-bond acceptors (Lipinski definition) is 3. The summed E-state index contributed by atoms with van der Waals surface area (Å²) in [5, 5.41) is 0. The number of cyclic esters (lactones) is 1. The summed E-state index contributed by atoms with van der Waals surface area (Å²) >= 11 is 0. The van der Waals surface area contributed by atoms with Gasteiger partial charge in [-0.1, -0.05) is 27.7 Å². The van der Waals surface area contributed by atoms with E-state index in [2.05, 4.69) is 27.7 Å². The Morgan fingerprint density at radius 2 is 1.89 bits per heavy atom. The van der Waals surface area contributed by atoms with Crippen molar-refractivity contribution in [1.82, 2.24) is 0 Å². The molecule has 0 unspecified atom stereocenters. The fourth-order valence-corrected chi connectivity index (χ4v) is 4.07. The highest BCUT2D eigenvalue weighted by Crippen LogP contribution is 2.69. The van der Waals surface area contributed by atoms with Crippen molar-refractivity contribution in [3.8, 4) is 0 Å². The second-order valence-corrected chi connectivity index (χ2v) is 7.78. The van der Waals surface area contributed by atoms with Gasteiger partial charge in [0, 0.05) is 12.3 Å². The molecule has 1 aliphatic heterocycles. The van der Waals surface area contributed by atoms with Gasteiger partial charge in [-0.2, -0.15) is 0 Å². The quantitative estimate of drug-likeness (QED) is 0.621. The first kappa shape index (κ1) is 12.5. The fourth-order valence-electron chi connectivity index (χ4n) is 4.07. The molecule has 0 radical (unpaired) electrons. The van der Waals surface area contributed by atoms with Crippen LogP contribution in [0.3, 0.4) is 0 Å². The first-order valence-corrected chi connectivity index (χ1v) is 7.07. The number of ether oxygens (including phenoxy) is 2. The van der Waals surface area contributed by atoms with Gasteiger partial charge in [-0.15, -0.1) is 0 Å². The lowest BCUT2D eigenvalue weighted by Gasteiger charge is -2.65. The Balaban J connectivity index is 2.00. The highest BCUT2D eigenvalue weighted by atomic mass is 16.7. The van der Waals surface area contributed by atoms with Gasteiger partial charge in [0.1, 0.15) is 0 Å². The van der Waals surface area contributed by atoms with Gasteiger partial charge in [0.25, 0.3) is 0 Å². The van der Waals surface area contributed by atoms with Crippen molar-refractivity contribution in [2.45, 2.75) is 71.7 Å². The van der Waals surface area contributed by atoms with Gasteiger partial charge in [0.05, 0.1) is 11.5 Å². The molecule has 2 saturated carbocycles. The zero-order valence-corrected chi connectivity index (χ0v) is 12.1. The fraction of sp³-hybridized carbons (Fsp3) is 0.933. The van der Waals surface area contributed by atoms with Crippen molar-refractivity contribution < 1.29 is 14.3 Å². The lowest BCUT2D eigenvalue weighted by atomic mass is 9.52. The van der Waals surface area contributed by atoms with Crippen LogP contribution in [-0.2, 0) is 14.3 Å². The third-order valence-corrected chi connectivity index (χ3v) is 5.84. The lowest BCUT2D eigenvalue weighted by molar-refractivity contribution is -0.391. The van der Waals surface area contributed by atoms with E-state index in [4.69, 9.17) is 9.47 Å². The van der Waals surface area contributed by atoms with Crippen molar-refractivity contribution in [1.29, 1.82) is 0 Å². The summed E-state index contributed by atoms with van der Waals surface area (Å²) < 4.78 is 12.1. The van der Waals surface area contributed by atoms with Crippen LogP contribution in [0.2, 0.25) is 0 Å². The molecule has 18 heavy (non-hydrogen) atoms. The molecule has 3 heteroatoms. The molecule has 3 rings (SSSR count). The van der Waals surface area contributed by atoms with E-state index in [1.807, 2.05) is 6.92 Å². The van der Waals surface area contributed by atoms with Gasteiger partial charge >= 0.3 is 5.97 Å². The molecule has 0 aromatic carbocycles. The van der Waals surface area contributed by atoms with E-state index < -0.39 is 5.79 Å². The summed E-state index contributed by atoms with van der Waals surface area (Å²) in [5.41, 5.74) is -0.268. The van der Waals surface area contributed by atoms with Gasteiger partial charge in [-0.25, -0.2) is 0 Å². The molecule has 4 atom stereocenters. The Hall–Kier alpha value is -0.570. The molecule has 1 heterocycles. The Morgan fingerprint density at radius 3 is 2.44 bits per heavy atom. The lowest BCUT2D eigenvalue weighted by Crippen LogP contribution is -2.72. The molecule has 3 nitrogen and oxygen atoms in total. The molecule has 0 aromatic rings. The number of rotatable bonds is 0. The van der Waals surface area contributed by atoms with Gasteiger partial charge in [-0.05, 0) is 31.1 Å². The van der Waals surface area contributed by atoms with E-state index in [9.17, 15) is 4.79 Å². The Labute approximate surface area is 109 Å². The van der Waals surface area contributed by atoms with Crippen LogP contribution in [0.5, 0.6) is 0 Å². The molecular weight excluding hydrogens is 228 g/mol. The van der Waals surface area contributed by atoms with Crippen molar-refractivity contribution >= 4 is 5.97 Å². The number of carbonyl (C=O) groups excluding carboxylic acids is 1. The predicted octanol–water partition coefficient (Wildman–Crippen LogP) is 3.27. The molecule has 3 fully saturated rings. The first-order chi connectivity index (χ1) is 8.14. The smallest absolute Gasteiger partial charge is 0.314 e. The zero-order chi connectivity index (χ0) is 13.4. The normalized spacial score (nSPS) is 51.2. The van der Waals surface area contributed by atoms with E-state index in [0.29, 0.717) is 0 Å². The monoisotopic (exact) mass is 252 g/mol. The van der Waals surface area contributed by atoms with Gasteiger partial charge in [0.15, 0.2) is 0 Å². The molecule has 0 bridgehead atoms. The standard InChI is InChI=1S/C15H24O3/c1-12(2,3)14(5)17-11(16)10-9-13(4)7-6-8-15(10,13)18-14/h10H,6-9H2,1-5H3/t10-,13+,14-,15-/m1/s1. The summed E-state index contributed by atoms with van der Waals surface area (Å²) in [4.78, 5) is 12.3. The molecule has 3 aliphatic rings. The molecule has 0 N–H and O–H groups in total. The highest BCUT2D eigenvalue weighted by Gasteiger charge is 2.74. The van der Waals surface area contributed by atoms with Crippen molar-refractivity contribution in [3.63, 3.8) is 0 Å². The summed E-state index contributed by atoms with van der Waals surface area (Å²) in [5.74, 6) is -0.870. The highest BCUT2D eigenvalue weighted by molar-refractivity contribution is 5.77. The minimum atomic E-state index is -0.799. The van der Waals surface area contributed by atoms with Crippen molar-refractivity contribution in [2.75, 3.05) is 0 Å². The van der Waals surface area contributed by atoms with Crippen LogP contribution in [0.25, 0.3) is 0 Å². The molecule has 2 aliphatic carbocycles. The van der Waals surface area contributed by atoms with Gasteiger partial charge in [0.2, 0.25) is 5.79 Å². The molecule has 102 valence electrons. The van der Waals surface area contributed by atoms with Crippen LogP contribution in [-0.4, -0.2) is 17.4 Å². The summed E-state index contributed by atoms with van der Waals surface area (Å²) in [7, 11) is 0. The maximum absolute atomic E-state index is 12.3. The Kier molecular flexibility index (Phi) is 2.16. The first-order valence-electron chi connectivity index (χ1n) is 7.07. The second-order valence-electron chi connectivity index (χ2n) is 7.78. The summed E-state index contributed by atoms with van der Waals surface area (Å²) in [6, 6.07) is 0. The van der Waals surface area contributed by atoms with Gasteiger partial charge < -0.3 is 9.47 Å². The zero-order valence-electron chi connectivity index (χ0n) is 12.1. The summed E-state index contributed by atoms with van der Waals surface area (Å²) in [6.45, 7) is 10.4. The molecule has 1 spiro atoms. The molecule has 0 amide bonds.